The van der Waals surface area contributed by atoms with Crippen molar-refractivity contribution in [3.8, 4) is 0 Å². The van der Waals surface area contributed by atoms with Gasteiger partial charge >= 0.3 is 5.97 Å². The maximum atomic E-state index is 13.3. The molecule has 1 aliphatic heterocycles. The lowest BCUT2D eigenvalue weighted by Gasteiger charge is -2.41. The van der Waals surface area contributed by atoms with E-state index in [9.17, 15) is 24.3 Å². The normalized spacial score (nSPS) is 27.6. The minimum Gasteiger partial charge on any atom is -0.481 e. The quantitative estimate of drug-likeness (QED) is 0.199. The van der Waals surface area contributed by atoms with Crippen molar-refractivity contribution >= 4 is 35.5 Å². The van der Waals surface area contributed by atoms with Crippen LogP contribution in [0.15, 0.2) is 30.3 Å². The highest BCUT2D eigenvalue weighted by molar-refractivity contribution is 8.01. The maximum Gasteiger partial charge on any atom is 0.303 e. The van der Waals surface area contributed by atoms with Crippen LogP contribution in [0.5, 0.6) is 0 Å². The highest BCUT2D eigenvalue weighted by Crippen LogP contribution is 2.50. The lowest BCUT2D eigenvalue weighted by molar-refractivity contribution is -0.141. The van der Waals surface area contributed by atoms with Crippen LogP contribution in [0.1, 0.15) is 44.6 Å². The van der Waals surface area contributed by atoms with E-state index < -0.39 is 52.3 Å². The molecule has 4 atom stereocenters. The first-order valence-corrected chi connectivity index (χ1v) is 12.7. The molecule has 0 radical (unpaired) electrons. The monoisotopic (exact) mass is 523 g/mol. The average Bonchev–Trinajstić information content (AvgIpc) is 3.48. The maximum absolute atomic E-state index is 13.3. The summed E-state index contributed by atoms with van der Waals surface area (Å²) in [5.41, 5.74) is -1.58. The number of carboxylic acid groups (broad SMARTS) is 1. The molecule has 198 valence electrons. The van der Waals surface area contributed by atoms with E-state index in [1.807, 2.05) is 30.3 Å². The number of aliphatic hydroxyl groups is 3. The van der Waals surface area contributed by atoms with Crippen LogP contribution in [-0.4, -0.2) is 90.0 Å². The van der Waals surface area contributed by atoms with E-state index >= 15 is 0 Å². The molecule has 2 aliphatic rings. The third-order valence-corrected chi connectivity index (χ3v) is 7.79. The van der Waals surface area contributed by atoms with Gasteiger partial charge in [-0.1, -0.05) is 30.3 Å². The van der Waals surface area contributed by atoms with Crippen LogP contribution < -0.4 is 10.6 Å². The number of likely N-dealkylation sites (tertiary alicyclic amines) is 1. The summed E-state index contributed by atoms with van der Waals surface area (Å²) in [5, 5.41) is 41.8. The van der Waals surface area contributed by atoms with E-state index in [0.717, 1.165) is 5.56 Å². The lowest BCUT2D eigenvalue weighted by atomic mass is 9.94. The van der Waals surface area contributed by atoms with E-state index in [2.05, 4.69) is 10.6 Å². The van der Waals surface area contributed by atoms with Crippen molar-refractivity contribution in [3.05, 3.63) is 35.9 Å². The predicted octanol–water partition coefficient (Wildman–Crippen LogP) is -0.419. The summed E-state index contributed by atoms with van der Waals surface area (Å²) < 4.78 is 0. The van der Waals surface area contributed by atoms with Gasteiger partial charge in [-0.15, -0.1) is 11.8 Å². The van der Waals surface area contributed by atoms with Crippen molar-refractivity contribution in [2.75, 3.05) is 13.1 Å². The summed E-state index contributed by atoms with van der Waals surface area (Å²) in [5.74, 6) is -2.33. The molecular formula is C24H33N3O8S. The fraction of sp³-hybridized carbons (Fsp3) is 0.583. The molecule has 0 bridgehead atoms. The van der Waals surface area contributed by atoms with Crippen molar-refractivity contribution in [1.29, 1.82) is 0 Å². The molecule has 6 N–H and O–H groups in total. The Morgan fingerprint density at radius 1 is 1.17 bits per heavy atom. The number of carbonyl (C=O) groups is 4. The number of aliphatic carboxylic acids is 1. The molecule has 1 aromatic rings. The van der Waals surface area contributed by atoms with E-state index in [4.69, 9.17) is 15.3 Å². The number of nitrogens with zero attached hydrogens (tertiary/aromatic N) is 1. The minimum absolute atomic E-state index is 0.0940. The molecule has 36 heavy (non-hydrogen) atoms. The van der Waals surface area contributed by atoms with Crippen molar-refractivity contribution < 1.29 is 39.6 Å². The van der Waals surface area contributed by atoms with E-state index in [-0.39, 0.29) is 44.6 Å². The Bertz CT molecular complexity index is 973. The number of amides is 3. The Balaban J connectivity index is 1.70. The van der Waals surface area contributed by atoms with Crippen molar-refractivity contribution in [2.45, 2.75) is 73.5 Å². The SMILES string of the molecule is CC1(O)CC(SC2CC2(NC(=O)CCCC(=O)O)C(=O)NCC(O)O)C(=O)N(Cc2ccccc2)C1. The van der Waals surface area contributed by atoms with Crippen LogP contribution in [0.3, 0.4) is 0 Å². The number of piperidine rings is 1. The fourth-order valence-corrected chi connectivity index (χ4v) is 6.24. The van der Waals surface area contributed by atoms with Gasteiger partial charge in [0.15, 0.2) is 6.29 Å². The molecule has 1 heterocycles. The van der Waals surface area contributed by atoms with Gasteiger partial charge in [0, 0.05) is 31.2 Å². The van der Waals surface area contributed by atoms with Gasteiger partial charge in [-0.3, -0.25) is 19.2 Å². The first kappa shape index (κ1) is 27.9. The number of nitrogens with one attached hydrogen (secondary N) is 2. The molecule has 1 saturated carbocycles. The predicted molar refractivity (Wildman–Crippen MR) is 130 cm³/mol. The Labute approximate surface area is 213 Å². The molecule has 0 spiro atoms. The Morgan fingerprint density at radius 2 is 1.86 bits per heavy atom. The molecule has 2 fully saturated rings. The number of carbonyl (C=O) groups excluding carboxylic acids is 3. The Morgan fingerprint density at radius 3 is 2.50 bits per heavy atom. The van der Waals surface area contributed by atoms with Gasteiger partial charge in [0.1, 0.15) is 5.54 Å². The second kappa shape index (κ2) is 11.6. The van der Waals surface area contributed by atoms with Gasteiger partial charge in [0.2, 0.25) is 17.7 Å². The van der Waals surface area contributed by atoms with Gasteiger partial charge in [0.05, 0.1) is 17.4 Å². The van der Waals surface area contributed by atoms with Gasteiger partial charge in [-0.25, -0.2) is 0 Å². The summed E-state index contributed by atoms with van der Waals surface area (Å²) in [4.78, 5) is 51.0. The topological polar surface area (TPSA) is 176 Å². The Kier molecular flexibility index (Phi) is 8.98. The number of thioether (sulfide) groups is 1. The smallest absolute Gasteiger partial charge is 0.303 e. The molecule has 1 aliphatic carbocycles. The fourth-order valence-electron chi connectivity index (χ4n) is 4.36. The molecular weight excluding hydrogens is 490 g/mol. The van der Waals surface area contributed by atoms with Gasteiger partial charge in [0.25, 0.3) is 0 Å². The summed E-state index contributed by atoms with van der Waals surface area (Å²) in [6.07, 6.45) is -1.57. The molecule has 1 saturated heterocycles. The highest BCUT2D eigenvalue weighted by Gasteiger charge is 2.63. The number of carboxylic acids is 1. The lowest BCUT2D eigenvalue weighted by Crippen LogP contribution is -2.55. The summed E-state index contributed by atoms with van der Waals surface area (Å²) in [6, 6.07) is 9.40. The zero-order chi connectivity index (χ0) is 26.5. The number of β-amino-alcohol motifs (C(OH)–C–C–N with tert-alkyl or cyclic N) is 1. The van der Waals surface area contributed by atoms with Gasteiger partial charge < -0.3 is 36.0 Å². The zero-order valence-corrected chi connectivity index (χ0v) is 20.9. The largest absolute Gasteiger partial charge is 0.481 e. The standard InChI is InChI=1S/C24H33N3O8S/c1-23(35)10-16(21(33)27(14-23)13-15-6-3-2-4-7-15)36-17-11-24(17,22(34)25-12-20(31)32)26-18(28)8-5-9-19(29)30/h2-4,6-7,16-17,20,31-32,35H,5,8-14H2,1H3,(H,25,34)(H,26,28)(H,29,30). The molecule has 3 rings (SSSR count). The van der Waals surface area contributed by atoms with Crippen molar-refractivity contribution in [2.24, 2.45) is 0 Å². The molecule has 3 amide bonds. The van der Waals surface area contributed by atoms with Crippen LogP contribution in [0.2, 0.25) is 0 Å². The van der Waals surface area contributed by atoms with Gasteiger partial charge in [-0.05, 0) is 31.7 Å². The summed E-state index contributed by atoms with van der Waals surface area (Å²) >= 11 is 1.21. The highest BCUT2D eigenvalue weighted by atomic mass is 32.2. The molecule has 4 unspecified atom stereocenters. The number of hydrogen-bond acceptors (Lipinski definition) is 8. The average molecular weight is 524 g/mol. The minimum atomic E-state index is -1.77. The molecule has 0 aromatic heterocycles. The molecule has 11 nitrogen and oxygen atoms in total. The molecule has 1 aromatic carbocycles. The number of benzene rings is 1. The first-order chi connectivity index (χ1) is 16.9. The zero-order valence-electron chi connectivity index (χ0n) is 20.1. The van der Waals surface area contributed by atoms with Crippen LogP contribution in [-0.2, 0) is 25.7 Å². The van der Waals surface area contributed by atoms with Crippen LogP contribution >= 0.6 is 11.8 Å². The van der Waals surface area contributed by atoms with E-state index in [0.29, 0.717) is 6.54 Å². The Hall–Kier alpha value is -2.67. The molecule has 12 heteroatoms. The van der Waals surface area contributed by atoms with Crippen molar-refractivity contribution in [1.82, 2.24) is 15.5 Å². The van der Waals surface area contributed by atoms with E-state index in [1.54, 1.807) is 11.8 Å². The summed E-state index contributed by atoms with van der Waals surface area (Å²) in [6.45, 7) is 1.72. The van der Waals surface area contributed by atoms with E-state index in [1.165, 1.54) is 11.8 Å². The van der Waals surface area contributed by atoms with Crippen LogP contribution in [0.4, 0.5) is 0 Å². The summed E-state index contributed by atoms with van der Waals surface area (Å²) in [7, 11) is 0. The third-order valence-electron chi connectivity index (χ3n) is 6.19. The third kappa shape index (κ3) is 7.42. The number of rotatable bonds is 12. The van der Waals surface area contributed by atoms with Crippen molar-refractivity contribution in [3.63, 3.8) is 0 Å². The second-order valence-corrected chi connectivity index (χ2v) is 11.1. The second-order valence-electron chi connectivity index (χ2n) is 9.66. The van der Waals surface area contributed by atoms with Crippen LogP contribution in [0.25, 0.3) is 0 Å². The number of hydrogen-bond donors (Lipinski definition) is 6. The van der Waals surface area contributed by atoms with Gasteiger partial charge in [-0.2, -0.15) is 0 Å². The number of aliphatic hydroxyl groups excluding tert-OH is 1. The van der Waals surface area contributed by atoms with Crippen LogP contribution in [0, 0.1) is 0 Å². The first-order valence-electron chi connectivity index (χ1n) is 11.8.